The standard InChI is InChI=1S/C20H23NO6S/c22-19(12-26-17-7-5-14-6-8-20(23)27-18(14)11-17)21(15-3-1-2-4-15)16-9-10-28(24,25)13-16/h5-8,11,15-16H,1-4,9-10,12-13H2/t16-/m1/s1. The van der Waals surface area contributed by atoms with Gasteiger partial charge in [-0.3, -0.25) is 4.79 Å². The molecule has 0 N–H and O–H groups in total. The molecule has 1 amide bonds. The molecule has 1 atom stereocenters. The Labute approximate surface area is 163 Å². The number of sulfone groups is 1. The number of carbonyl (C=O) groups is 1. The summed E-state index contributed by atoms with van der Waals surface area (Å²) in [5.41, 5.74) is -0.0532. The Morgan fingerprint density at radius 3 is 2.57 bits per heavy atom. The van der Waals surface area contributed by atoms with E-state index < -0.39 is 15.5 Å². The molecule has 2 fully saturated rings. The lowest BCUT2D eigenvalue weighted by atomic mass is 10.1. The van der Waals surface area contributed by atoms with Crippen molar-refractivity contribution >= 4 is 26.7 Å². The van der Waals surface area contributed by atoms with E-state index in [0.717, 1.165) is 31.1 Å². The van der Waals surface area contributed by atoms with Gasteiger partial charge in [0.2, 0.25) is 0 Å². The first-order valence-corrected chi connectivity index (χ1v) is 11.4. The molecule has 0 bridgehead atoms. The highest BCUT2D eigenvalue weighted by atomic mass is 32.2. The molecule has 7 nitrogen and oxygen atoms in total. The van der Waals surface area contributed by atoms with Crippen molar-refractivity contribution in [2.45, 2.75) is 44.2 Å². The van der Waals surface area contributed by atoms with Gasteiger partial charge >= 0.3 is 5.63 Å². The van der Waals surface area contributed by atoms with Crippen LogP contribution < -0.4 is 10.4 Å². The Balaban J connectivity index is 1.49. The molecular formula is C20H23NO6S. The predicted molar refractivity (Wildman–Crippen MR) is 104 cm³/mol. The zero-order chi connectivity index (χ0) is 19.7. The van der Waals surface area contributed by atoms with Crippen LogP contribution in [-0.4, -0.2) is 49.4 Å². The lowest BCUT2D eigenvalue weighted by Gasteiger charge is -2.34. The highest BCUT2D eigenvalue weighted by Crippen LogP contribution is 2.29. The molecule has 1 saturated carbocycles. The van der Waals surface area contributed by atoms with E-state index >= 15 is 0 Å². The summed E-state index contributed by atoms with van der Waals surface area (Å²) in [5.74, 6) is 0.416. The van der Waals surface area contributed by atoms with E-state index in [4.69, 9.17) is 9.15 Å². The van der Waals surface area contributed by atoms with Gasteiger partial charge in [0.15, 0.2) is 16.4 Å². The third-order valence-electron chi connectivity index (χ3n) is 5.56. The lowest BCUT2D eigenvalue weighted by molar-refractivity contribution is -0.137. The number of benzene rings is 1. The minimum atomic E-state index is -3.08. The maximum atomic E-state index is 13.0. The van der Waals surface area contributed by atoms with E-state index in [9.17, 15) is 18.0 Å². The van der Waals surface area contributed by atoms with Crippen LogP contribution >= 0.6 is 0 Å². The molecule has 1 aliphatic carbocycles. The van der Waals surface area contributed by atoms with Crippen LogP contribution in [0.25, 0.3) is 11.0 Å². The van der Waals surface area contributed by atoms with Gasteiger partial charge in [0.1, 0.15) is 11.3 Å². The number of carbonyl (C=O) groups excluding carboxylic acids is 1. The van der Waals surface area contributed by atoms with Crippen LogP contribution in [0.3, 0.4) is 0 Å². The normalized spacial score (nSPS) is 21.8. The number of rotatable bonds is 5. The van der Waals surface area contributed by atoms with Gasteiger partial charge in [-0.2, -0.15) is 0 Å². The van der Waals surface area contributed by atoms with Crippen LogP contribution in [0, 0.1) is 0 Å². The third kappa shape index (κ3) is 4.06. The first kappa shape index (κ1) is 19.0. The maximum absolute atomic E-state index is 13.0. The second kappa shape index (κ2) is 7.58. The molecule has 2 aliphatic rings. The van der Waals surface area contributed by atoms with Crippen molar-refractivity contribution in [1.29, 1.82) is 0 Å². The van der Waals surface area contributed by atoms with Crippen molar-refractivity contribution in [2.75, 3.05) is 18.1 Å². The number of hydrogen-bond acceptors (Lipinski definition) is 6. The van der Waals surface area contributed by atoms with Gasteiger partial charge in [0.25, 0.3) is 5.91 Å². The van der Waals surface area contributed by atoms with E-state index in [-0.39, 0.29) is 36.1 Å². The summed E-state index contributed by atoms with van der Waals surface area (Å²) < 4.78 is 34.6. The topological polar surface area (TPSA) is 93.9 Å². The third-order valence-corrected chi connectivity index (χ3v) is 7.32. The van der Waals surface area contributed by atoms with E-state index in [1.807, 2.05) is 0 Å². The molecule has 8 heteroatoms. The van der Waals surface area contributed by atoms with Crippen molar-refractivity contribution in [3.63, 3.8) is 0 Å². The van der Waals surface area contributed by atoms with E-state index in [0.29, 0.717) is 17.8 Å². The molecule has 4 rings (SSSR count). The van der Waals surface area contributed by atoms with Crippen molar-refractivity contribution in [3.8, 4) is 5.75 Å². The van der Waals surface area contributed by atoms with Crippen LogP contribution in [0.4, 0.5) is 0 Å². The molecule has 0 unspecified atom stereocenters. The lowest BCUT2D eigenvalue weighted by Crippen LogP contribution is -2.48. The Morgan fingerprint density at radius 1 is 1.11 bits per heavy atom. The molecule has 1 saturated heterocycles. The first-order valence-electron chi connectivity index (χ1n) is 9.60. The van der Waals surface area contributed by atoms with Crippen molar-refractivity contribution < 1.29 is 22.4 Å². The highest BCUT2D eigenvalue weighted by molar-refractivity contribution is 7.91. The van der Waals surface area contributed by atoms with Crippen LogP contribution in [0.1, 0.15) is 32.1 Å². The monoisotopic (exact) mass is 405 g/mol. The van der Waals surface area contributed by atoms with Gasteiger partial charge in [0, 0.05) is 29.6 Å². The zero-order valence-corrected chi connectivity index (χ0v) is 16.3. The van der Waals surface area contributed by atoms with Crippen molar-refractivity contribution in [1.82, 2.24) is 4.90 Å². The van der Waals surface area contributed by atoms with Gasteiger partial charge in [-0.25, -0.2) is 13.2 Å². The largest absolute Gasteiger partial charge is 0.484 e. The van der Waals surface area contributed by atoms with Gasteiger partial charge in [-0.05, 0) is 37.5 Å². The number of fused-ring (bicyclic) bond motifs is 1. The second-order valence-corrected chi connectivity index (χ2v) is 9.77. The fraction of sp³-hybridized carbons (Fsp3) is 0.500. The molecule has 1 aliphatic heterocycles. The van der Waals surface area contributed by atoms with Crippen LogP contribution in [0.5, 0.6) is 5.75 Å². The second-order valence-electron chi connectivity index (χ2n) is 7.54. The van der Waals surface area contributed by atoms with Crippen LogP contribution in [0.2, 0.25) is 0 Å². The smallest absolute Gasteiger partial charge is 0.336 e. The van der Waals surface area contributed by atoms with Crippen molar-refractivity contribution in [2.24, 2.45) is 0 Å². The SMILES string of the molecule is O=C(COc1ccc2ccc(=O)oc2c1)N(C1CCCC1)[C@@H]1CCS(=O)(=O)C1. The fourth-order valence-electron chi connectivity index (χ4n) is 4.23. The molecule has 0 radical (unpaired) electrons. The summed E-state index contributed by atoms with van der Waals surface area (Å²) >= 11 is 0. The van der Waals surface area contributed by atoms with Crippen molar-refractivity contribution in [3.05, 3.63) is 40.8 Å². The number of amides is 1. The maximum Gasteiger partial charge on any atom is 0.336 e. The van der Waals surface area contributed by atoms with Gasteiger partial charge in [-0.1, -0.05) is 12.8 Å². The summed E-state index contributed by atoms with van der Waals surface area (Å²) in [6.07, 6.45) is 4.41. The average molecular weight is 405 g/mol. The summed E-state index contributed by atoms with van der Waals surface area (Å²) in [7, 11) is -3.08. The number of ether oxygens (including phenoxy) is 1. The molecule has 2 aromatic rings. The Hall–Kier alpha value is -2.35. The summed E-state index contributed by atoms with van der Waals surface area (Å²) in [4.78, 5) is 26.1. The van der Waals surface area contributed by atoms with Crippen LogP contribution in [-0.2, 0) is 14.6 Å². The molecule has 150 valence electrons. The molecule has 0 spiro atoms. The number of hydrogen-bond donors (Lipinski definition) is 0. The Morgan fingerprint density at radius 2 is 1.86 bits per heavy atom. The molecular weight excluding hydrogens is 382 g/mol. The fourth-order valence-corrected chi connectivity index (χ4v) is 5.94. The number of nitrogens with zero attached hydrogens (tertiary/aromatic N) is 1. The molecule has 2 heterocycles. The molecule has 28 heavy (non-hydrogen) atoms. The van der Waals surface area contributed by atoms with Crippen LogP contribution in [0.15, 0.2) is 39.5 Å². The predicted octanol–water partition coefficient (Wildman–Crippen LogP) is 2.13. The highest BCUT2D eigenvalue weighted by Gasteiger charge is 2.39. The summed E-state index contributed by atoms with van der Waals surface area (Å²) in [5, 5.41) is 0.766. The van der Waals surface area contributed by atoms with E-state index in [1.54, 1.807) is 29.2 Å². The molecule has 1 aromatic heterocycles. The Bertz CT molecular complexity index is 1040. The minimum absolute atomic E-state index is 0.0381. The Kier molecular flexibility index (Phi) is 5.14. The average Bonchev–Trinajstić information content (AvgIpc) is 3.30. The summed E-state index contributed by atoms with van der Waals surface area (Å²) in [6, 6.07) is 7.90. The van der Waals surface area contributed by atoms with Gasteiger partial charge in [0.05, 0.1) is 11.5 Å². The molecule has 1 aromatic carbocycles. The van der Waals surface area contributed by atoms with Gasteiger partial charge in [-0.15, -0.1) is 0 Å². The minimum Gasteiger partial charge on any atom is -0.484 e. The summed E-state index contributed by atoms with van der Waals surface area (Å²) in [6.45, 7) is -0.171. The quantitative estimate of drug-likeness (QED) is 0.708. The van der Waals surface area contributed by atoms with E-state index in [1.165, 1.54) is 6.07 Å². The van der Waals surface area contributed by atoms with E-state index in [2.05, 4.69) is 0 Å². The van der Waals surface area contributed by atoms with Gasteiger partial charge < -0.3 is 14.1 Å². The first-order chi connectivity index (χ1) is 13.4. The zero-order valence-electron chi connectivity index (χ0n) is 15.5.